The highest BCUT2D eigenvalue weighted by molar-refractivity contribution is 5.76. The number of aliphatic carboxylic acids is 1. The first-order valence-corrected chi connectivity index (χ1v) is 5.90. The van der Waals surface area contributed by atoms with E-state index < -0.39 is 29.3 Å². The van der Waals surface area contributed by atoms with Crippen LogP contribution in [0.4, 0.5) is 13.2 Å². The Balaban J connectivity index is 2.33. The summed E-state index contributed by atoms with van der Waals surface area (Å²) in [5.74, 6) is -4.81. The third kappa shape index (κ3) is 2.99. The molecule has 0 bridgehead atoms. The summed E-state index contributed by atoms with van der Waals surface area (Å²) in [6.45, 7) is 0. The van der Waals surface area contributed by atoms with E-state index in [0.717, 1.165) is 18.2 Å². The fourth-order valence-electron chi connectivity index (χ4n) is 1.97. The van der Waals surface area contributed by atoms with Crippen molar-refractivity contribution < 1.29 is 23.1 Å². The lowest BCUT2D eigenvalue weighted by atomic mass is 9.92. The molecule has 0 aliphatic carbocycles. The maximum Gasteiger partial charge on any atom is 0.311 e. The van der Waals surface area contributed by atoms with Gasteiger partial charge in [0.15, 0.2) is 11.6 Å². The van der Waals surface area contributed by atoms with Crippen molar-refractivity contribution in [2.45, 2.75) is 12.3 Å². The second-order valence-electron chi connectivity index (χ2n) is 4.36. The van der Waals surface area contributed by atoms with Gasteiger partial charge in [0.05, 0.1) is 5.92 Å². The Labute approximate surface area is 113 Å². The van der Waals surface area contributed by atoms with Gasteiger partial charge in [0.1, 0.15) is 5.82 Å². The summed E-state index contributed by atoms with van der Waals surface area (Å²) in [4.78, 5) is 11.3. The van der Waals surface area contributed by atoms with Gasteiger partial charge >= 0.3 is 5.97 Å². The van der Waals surface area contributed by atoms with Crippen LogP contribution in [0.25, 0.3) is 0 Å². The van der Waals surface area contributed by atoms with Gasteiger partial charge in [-0.1, -0.05) is 24.3 Å². The van der Waals surface area contributed by atoms with Crippen molar-refractivity contribution in [1.82, 2.24) is 0 Å². The van der Waals surface area contributed by atoms with Gasteiger partial charge in [-0.2, -0.15) is 0 Å². The van der Waals surface area contributed by atoms with Gasteiger partial charge < -0.3 is 5.11 Å². The van der Waals surface area contributed by atoms with Gasteiger partial charge in [-0.25, -0.2) is 13.2 Å². The summed E-state index contributed by atoms with van der Waals surface area (Å²) in [7, 11) is 0. The molecular weight excluding hydrogens is 269 g/mol. The van der Waals surface area contributed by atoms with Crippen LogP contribution in [0.3, 0.4) is 0 Å². The first-order chi connectivity index (χ1) is 9.49. The highest BCUT2D eigenvalue weighted by Gasteiger charge is 2.22. The summed E-state index contributed by atoms with van der Waals surface area (Å²) in [6, 6.07) is 8.53. The van der Waals surface area contributed by atoms with Crippen LogP contribution in [0.2, 0.25) is 0 Å². The highest BCUT2D eigenvalue weighted by atomic mass is 19.2. The molecule has 0 spiro atoms. The Bertz CT molecular complexity index is 624. The molecule has 2 nitrogen and oxygen atoms in total. The van der Waals surface area contributed by atoms with Crippen molar-refractivity contribution in [1.29, 1.82) is 0 Å². The fourth-order valence-corrected chi connectivity index (χ4v) is 1.97. The van der Waals surface area contributed by atoms with Gasteiger partial charge in [-0.3, -0.25) is 4.79 Å². The molecule has 2 aromatic rings. The number of carbonyl (C=O) groups is 1. The molecular formula is C15H11F3O2. The van der Waals surface area contributed by atoms with Crippen molar-refractivity contribution in [3.05, 3.63) is 71.0 Å². The Morgan fingerprint density at radius 3 is 2.30 bits per heavy atom. The topological polar surface area (TPSA) is 37.3 Å². The van der Waals surface area contributed by atoms with Crippen molar-refractivity contribution in [2.75, 3.05) is 0 Å². The van der Waals surface area contributed by atoms with Crippen molar-refractivity contribution in [3.63, 3.8) is 0 Å². The third-order valence-corrected chi connectivity index (χ3v) is 3.03. The van der Waals surface area contributed by atoms with E-state index in [9.17, 15) is 23.1 Å². The van der Waals surface area contributed by atoms with Crippen LogP contribution in [0.5, 0.6) is 0 Å². The van der Waals surface area contributed by atoms with Crippen LogP contribution in [0, 0.1) is 17.5 Å². The Kier molecular flexibility index (Phi) is 4.08. The van der Waals surface area contributed by atoms with Crippen LogP contribution in [-0.2, 0) is 11.2 Å². The zero-order valence-electron chi connectivity index (χ0n) is 10.3. The van der Waals surface area contributed by atoms with E-state index in [-0.39, 0.29) is 12.0 Å². The zero-order chi connectivity index (χ0) is 14.7. The van der Waals surface area contributed by atoms with E-state index in [1.165, 1.54) is 24.3 Å². The zero-order valence-corrected chi connectivity index (χ0v) is 10.3. The number of benzene rings is 2. The van der Waals surface area contributed by atoms with Crippen LogP contribution in [0.1, 0.15) is 17.0 Å². The molecule has 1 N–H and O–H groups in total. The summed E-state index contributed by atoms with van der Waals surface area (Å²) in [5.41, 5.74) is 0.310. The predicted molar refractivity (Wildman–Crippen MR) is 66.8 cm³/mol. The lowest BCUT2D eigenvalue weighted by Crippen LogP contribution is -2.15. The van der Waals surface area contributed by atoms with Crippen LogP contribution in [-0.4, -0.2) is 11.1 Å². The molecule has 0 aliphatic heterocycles. The molecule has 1 atom stereocenters. The van der Waals surface area contributed by atoms with E-state index in [0.29, 0.717) is 5.56 Å². The minimum absolute atomic E-state index is 0.0262. The fraction of sp³-hybridized carbons (Fsp3) is 0.133. The van der Waals surface area contributed by atoms with Gasteiger partial charge in [0, 0.05) is 0 Å². The Hall–Kier alpha value is -2.30. The molecule has 0 saturated carbocycles. The van der Waals surface area contributed by atoms with Gasteiger partial charge in [-0.15, -0.1) is 0 Å². The van der Waals surface area contributed by atoms with Crippen LogP contribution in [0.15, 0.2) is 42.5 Å². The molecule has 20 heavy (non-hydrogen) atoms. The molecule has 5 heteroatoms. The normalized spacial score (nSPS) is 12.2. The molecule has 0 amide bonds. The van der Waals surface area contributed by atoms with E-state index in [4.69, 9.17) is 0 Å². The molecule has 2 aromatic carbocycles. The van der Waals surface area contributed by atoms with Gasteiger partial charge in [0.25, 0.3) is 0 Å². The smallest absolute Gasteiger partial charge is 0.311 e. The summed E-state index contributed by atoms with van der Waals surface area (Å²) in [6.07, 6.45) is -0.204. The number of halogens is 3. The summed E-state index contributed by atoms with van der Waals surface area (Å²) in [5, 5.41) is 9.21. The molecule has 0 aliphatic rings. The molecule has 2 rings (SSSR count). The van der Waals surface area contributed by atoms with E-state index in [1.807, 2.05) is 0 Å². The van der Waals surface area contributed by atoms with Crippen molar-refractivity contribution >= 4 is 5.97 Å². The highest BCUT2D eigenvalue weighted by Crippen LogP contribution is 2.24. The Morgan fingerprint density at radius 1 is 1.05 bits per heavy atom. The number of carboxylic acids is 1. The van der Waals surface area contributed by atoms with Crippen molar-refractivity contribution in [2.24, 2.45) is 0 Å². The predicted octanol–water partition coefficient (Wildman–Crippen LogP) is 3.51. The largest absolute Gasteiger partial charge is 0.481 e. The summed E-state index contributed by atoms with van der Waals surface area (Å²) < 4.78 is 39.5. The van der Waals surface area contributed by atoms with Gasteiger partial charge in [0.2, 0.25) is 0 Å². The monoisotopic (exact) mass is 280 g/mol. The van der Waals surface area contributed by atoms with E-state index >= 15 is 0 Å². The number of carboxylic acid groups (broad SMARTS) is 1. The molecule has 0 aromatic heterocycles. The molecule has 0 radical (unpaired) electrons. The first-order valence-electron chi connectivity index (χ1n) is 5.90. The quantitative estimate of drug-likeness (QED) is 0.930. The van der Waals surface area contributed by atoms with Crippen molar-refractivity contribution in [3.8, 4) is 0 Å². The Morgan fingerprint density at radius 2 is 1.70 bits per heavy atom. The van der Waals surface area contributed by atoms with E-state index in [1.54, 1.807) is 0 Å². The third-order valence-electron chi connectivity index (χ3n) is 3.03. The molecule has 0 saturated heterocycles. The molecule has 0 fully saturated rings. The molecule has 1 unspecified atom stereocenters. The molecule has 104 valence electrons. The summed E-state index contributed by atoms with van der Waals surface area (Å²) >= 11 is 0. The lowest BCUT2D eigenvalue weighted by Gasteiger charge is -2.13. The average Bonchev–Trinajstić information content (AvgIpc) is 2.41. The maximum atomic E-state index is 13.6. The minimum atomic E-state index is -1.18. The second-order valence-corrected chi connectivity index (χ2v) is 4.36. The lowest BCUT2D eigenvalue weighted by molar-refractivity contribution is -0.138. The number of hydrogen-bond acceptors (Lipinski definition) is 1. The van der Waals surface area contributed by atoms with Crippen LogP contribution >= 0.6 is 0 Å². The SMILES string of the molecule is O=C(O)C(Cc1cccc(F)c1F)c1ccc(F)cc1. The first kappa shape index (κ1) is 14.1. The van der Waals surface area contributed by atoms with Gasteiger partial charge in [-0.05, 0) is 35.7 Å². The van der Waals surface area contributed by atoms with E-state index in [2.05, 4.69) is 0 Å². The standard InChI is InChI=1S/C15H11F3O2/c16-11-6-4-9(5-7-11)12(15(19)20)8-10-2-1-3-13(17)14(10)18/h1-7,12H,8H2,(H,19,20). The number of rotatable bonds is 4. The second kappa shape index (κ2) is 5.77. The maximum absolute atomic E-state index is 13.6. The average molecular weight is 280 g/mol. The molecule has 0 heterocycles. The van der Waals surface area contributed by atoms with Crippen LogP contribution < -0.4 is 0 Å². The minimum Gasteiger partial charge on any atom is -0.481 e. The number of hydrogen-bond donors (Lipinski definition) is 1.